The summed E-state index contributed by atoms with van der Waals surface area (Å²) in [5, 5.41) is 6.07. The molecule has 2 fully saturated rings. The Balaban J connectivity index is 1.51. The molecule has 8 nitrogen and oxygen atoms in total. The fourth-order valence-corrected chi connectivity index (χ4v) is 3.25. The summed E-state index contributed by atoms with van der Waals surface area (Å²) in [6.45, 7) is 7.69. The van der Waals surface area contributed by atoms with Gasteiger partial charge in [0.05, 0.1) is 6.10 Å². The molecule has 2 aliphatic rings. The van der Waals surface area contributed by atoms with E-state index in [9.17, 15) is 9.59 Å². The third-order valence-corrected chi connectivity index (χ3v) is 4.77. The van der Waals surface area contributed by atoms with Crippen molar-refractivity contribution in [2.45, 2.75) is 32.6 Å². The third kappa shape index (κ3) is 4.50. The minimum atomic E-state index is -0.200. The second kappa shape index (κ2) is 8.46. The smallest absolute Gasteiger partial charge is 0.222 e. The van der Waals surface area contributed by atoms with Gasteiger partial charge < -0.3 is 19.9 Å². The van der Waals surface area contributed by atoms with Crippen molar-refractivity contribution < 1.29 is 14.3 Å². The fraction of sp³-hybridized carbons (Fsp3) is 0.611. The molecule has 2 unspecified atom stereocenters. The summed E-state index contributed by atoms with van der Waals surface area (Å²) >= 11 is 0. The lowest BCUT2D eigenvalue weighted by molar-refractivity contribution is -0.131. The van der Waals surface area contributed by atoms with Gasteiger partial charge in [0, 0.05) is 64.4 Å². The minimum absolute atomic E-state index is 0.0345. The maximum Gasteiger partial charge on any atom is 0.222 e. The van der Waals surface area contributed by atoms with Crippen molar-refractivity contribution in [1.82, 2.24) is 20.5 Å². The number of nitrogens with zero attached hydrogens (tertiary/aromatic N) is 3. The molecular weight excluding hydrogens is 334 g/mol. The van der Waals surface area contributed by atoms with Crippen LogP contribution in [0.25, 0.3) is 0 Å². The summed E-state index contributed by atoms with van der Waals surface area (Å²) in [6.07, 6.45) is 2.16. The summed E-state index contributed by atoms with van der Waals surface area (Å²) < 4.78 is 5.91. The number of hydrogen-bond donors (Lipinski definition) is 2. The molecule has 3 heterocycles. The Morgan fingerprint density at radius 2 is 2.08 bits per heavy atom. The van der Waals surface area contributed by atoms with Gasteiger partial charge in [-0.2, -0.15) is 0 Å². The van der Waals surface area contributed by atoms with Gasteiger partial charge in [0.25, 0.3) is 0 Å². The predicted molar refractivity (Wildman–Crippen MR) is 97.6 cm³/mol. The van der Waals surface area contributed by atoms with Crippen molar-refractivity contribution in [2.75, 3.05) is 44.2 Å². The van der Waals surface area contributed by atoms with Crippen LogP contribution in [0.2, 0.25) is 0 Å². The van der Waals surface area contributed by atoms with Crippen LogP contribution in [0.4, 0.5) is 5.82 Å². The molecule has 0 bridgehead atoms. The van der Waals surface area contributed by atoms with Gasteiger partial charge in [-0.15, -0.1) is 0 Å². The lowest BCUT2D eigenvalue weighted by Crippen LogP contribution is -2.48. The van der Waals surface area contributed by atoms with Crippen molar-refractivity contribution >= 4 is 17.6 Å². The Kier molecular flexibility index (Phi) is 6.05. The molecule has 2 amide bonds. The van der Waals surface area contributed by atoms with Gasteiger partial charge in [-0.25, -0.2) is 4.98 Å². The molecule has 142 valence electrons. The molecule has 2 atom stereocenters. The second-order valence-electron chi connectivity index (χ2n) is 6.65. The maximum absolute atomic E-state index is 11.8. The predicted octanol–water partition coefficient (Wildman–Crippen LogP) is 0.263. The molecular formula is C18H27N5O3. The van der Waals surface area contributed by atoms with Crippen molar-refractivity contribution in [1.29, 1.82) is 0 Å². The molecule has 0 spiro atoms. The van der Waals surface area contributed by atoms with Gasteiger partial charge in [-0.1, -0.05) is 6.92 Å². The number of pyridine rings is 1. The first-order valence-electron chi connectivity index (χ1n) is 9.18. The quantitative estimate of drug-likeness (QED) is 0.783. The number of carbonyl (C=O) groups is 2. The lowest BCUT2D eigenvalue weighted by Gasteiger charge is -2.35. The topological polar surface area (TPSA) is 86.8 Å². The molecule has 2 N–H and O–H groups in total. The van der Waals surface area contributed by atoms with E-state index < -0.39 is 0 Å². The van der Waals surface area contributed by atoms with E-state index in [1.807, 2.05) is 30.2 Å². The number of piperazine rings is 1. The normalized spacial score (nSPS) is 23.2. The average molecular weight is 361 g/mol. The van der Waals surface area contributed by atoms with E-state index in [1.165, 1.54) is 6.92 Å². The van der Waals surface area contributed by atoms with Crippen LogP contribution < -0.4 is 15.5 Å². The summed E-state index contributed by atoms with van der Waals surface area (Å²) in [7, 11) is 0. The number of hydrogen-bond acceptors (Lipinski definition) is 6. The molecule has 1 aromatic heterocycles. The van der Waals surface area contributed by atoms with Gasteiger partial charge in [0.15, 0.2) is 0 Å². The van der Waals surface area contributed by atoms with Crippen molar-refractivity contribution in [2.24, 2.45) is 0 Å². The lowest BCUT2D eigenvalue weighted by atomic mass is 10.2. The SMILES string of the molecule is CCC(=O)N1CCN(c2ccc(C3NCC(CNC(C)=O)O3)cn2)CC1. The van der Waals surface area contributed by atoms with E-state index in [0.29, 0.717) is 19.5 Å². The van der Waals surface area contributed by atoms with E-state index in [1.54, 1.807) is 0 Å². The standard InChI is InChI=1S/C18H27N5O3/c1-3-17(25)23-8-6-22(7-9-23)16-5-4-14(10-20-16)18-21-12-15(26-18)11-19-13(2)24/h4-5,10,15,18,21H,3,6-9,11-12H2,1-2H3,(H,19,24). The first-order chi connectivity index (χ1) is 12.6. The van der Waals surface area contributed by atoms with Crippen molar-refractivity contribution in [3.8, 4) is 0 Å². The Hall–Kier alpha value is -2.19. The number of nitrogens with one attached hydrogen (secondary N) is 2. The van der Waals surface area contributed by atoms with E-state index >= 15 is 0 Å². The highest BCUT2D eigenvalue weighted by Crippen LogP contribution is 2.23. The Morgan fingerprint density at radius 3 is 2.69 bits per heavy atom. The largest absolute Gasteiger partial charge is 0.354 e. The third-order valence-electron chi connectivity index (χ3n) is 4.77. The molecule has 2 saturated heterocycles. The van der Waals surface area contributed by atoms with Crippen LogP contribution in [0, 0.1) is 0 Å². The number of amides is 2. The highest BCUT2D eigenvalue weighted by molar-refractivity contribution is 5.76. The molecule has 8 heteroatoms. The number of ether oxygens (including phenoxy) is 1. The van der Waals surface area contributed by atoms with Gasteiger partial charge >= 0.3 is 0 Å². The van der Waals surface area contributed by atoms with Crippen molar-refractivity contribution in [3.63, 3.8) is 0 Å². The monoisotopic (exact) mass is 361 g/mol. The molecule has 3 rings (SSSR count). The van der Waals surface area contributed by atoms with Crippen LogP contribution in [0.3, 0.4) is 0 Å². The second-order valence-corrected chi connectivity index (χ2v) is 6.65. The Morgan fingerprint density at radius 1 is 1.31 bits per heavy atom. The molecule has 0 radical (unpaired) electrons. The number of anilines is 1. The summed E-state index contributed by atoms with van der Waals surface area (Å²) in [6, 6.07) is 4.02. The van der Waals surface area contributed by atoms with Gasteiger partial charge in [0.2, 0.25) is 11.8 Å². The number of aromatic nitrogens is 1. The highest BCUT2D eigenvalue weighted by Gasteiger charge is 2.26. The minimum Gasteiger partial charge on any atom is -0.354 e. The van der Waals surface area contributed by atoms with Crippen LogP contribution in [-0.4, -0.2) is 67.1 Å². The van der Waals surface area contributed by atoms with Crippen LogP contribution >= 0.6 is 0 Å². The zero-order chi connectivity index (χ0) is 18.5. The first kappa shape index (κ1) is 18.6. The average Bonchev–Trinajstić information content (AvgIpc) is 3.15. The molecule has 2 aliphatic heterocycles. The van der Waals surface area contributed by atoms with Crippen LogP contribution in [0.1, 0.15) is 32.1 Å². The fourth-order valence-electron chi connectivity index (χ4n) is 3.25. The molecule has 0 saturated carbocycles. The van der Waals surface area contributed by atoms with Crippen molar-refractivity contribution in [3.05, 3.63) is 23.9 Å². The van der Waals surface area contributed by atoms with Gasteiger partial charge in [-0.3, -0.25) is 14.9 Å². The molecule has 0 aliphatic carbocycles. The van der Waals surface area contributed by atoms with Crippen LogP contribution in [-0.2, 0) is 14.3 Å². The Bertz CT molecular complexity index is 628. The number of carbonyl (C=O) groups excluding carboxylic acids is 2. The Labute approximate surface area is 153 Å². The summed E-state index contributed by atoms with van der Waals surface area (Å²) in [5.41, 5.74) is 0.971. The number of rotatable bonds is 5. The van der Waals surface area contributed by atoms with Gasteiger partial charge in [0.1, 0.15) is 12.0 Å². The first-order valence-corrected chi connectivity index (χ1v) is 9.18. The maximum atomic E-state index is 11.8. The zero-order valence-corrected chi connectivity index (χ0v) is 15.4. The zero-order valence-electron chi connectivity index (χ0n) is 15.4. The van der Waals surface area contributed by atoms with Crippen LogP contribution in [0.15, 0.2) is 18.3 Å². The molecule has 1 aromatic rings. The molecule has 26 heavy (non-hydrogen) atoms. The highest BCUT2D eigenvalue weighted by atomic mass is 16.5. The van der Waals surface area contributed by atoms with Crippen LogP contribution in [0.5, 0.6) is 0 Å². The van der Waals surface area contributed by atoms with E-state index in [0.717, 1.165) is 37.6 Å². The summed E-state index contributed by atoms with van der Waals surface area (Å²) in [5.74, 6) is 1.08. The molecule has 0 aromatic carbocycles. The summed E-state index contributed by atoms with van der Waals surface area (Å²) in [4.78, 5) is 31.4. The van der Waals surface area contributed by atoms with E-state index in [2.05, 4.69) is 20.5 Å². The van der Waals surface area contributed by atoms with E-state index in [-0.39, 0.29) is 24.1 Å². The van der Waals surface area contributed by atoms with Gasteiger partial charge in [-0.05, 0) is 12.1 Å². The van der Waals surface area contributed by atoms with E-state index in [4.69, 9.17) is 4.74 Å².